The number of rotatable bonds is 11. The van der Waals surface area contributed by atoms with Crippen molar-refractivity contribution in [3.63, 3.8) is 0 Å². The molecule has 0 unspecified atom stereocenters. The Morgan fingerprint density at radius 2 is 1.63 bits per heavy atom. The van der Waals surface area contributed by atoms with Crippen molar-refractivity contribution < 1.29 is 22.7 Å². The minimum absolute atomic E-state index is 0.0374. The molecule has 0 radical (unpaired) electrons. The second kappa shape index (κ2) is 14.2. The van der Waals surface area contributed by atoms with Crippen molar-refractivity contribution in [2.45, 2.75) is 18.7 Å². The molecule has 0 saturated heterocycles. The van der Waals surface area contributed by atoms with Crippen molar-refractivity contribution in [3.8, 4) is 5.75 Å². The van der Waals surface area contributed by atoms with E-state index in [0.717, 1.165) is 15.4 Å². The highest BCUT2D eigenvalue weighted by Crippen LogP contribution is 2.28. The molecule has 4 rings (SSSR count). The van der Waals surface area contributed by atoms with E-state index in [4.69, 9.17) is 27.9 Å². The van der Waals surface area contributed by atoms with Crippen molar-refractivity contribution in [2.24, 2.45) is 5.10 Å². The highest BCUT2D eigenvalue weighted by Gasteiger charge is 2.27. The number of carbonyl (C=O) groups is 2. The molecule has 4 aromatic rings. The van der Waals surface area contributed by atoms with E-state index in [0.29, 0.717) is 27.0 Å². The Labute approximate surface area is 260 Å². The van der Waals surface area contributed by atoms with E-state index in [9.17, 15) is 18.0 Å². The number of sulfonamides is 1. The number of benzene rings is 4. The summed E-state index contributed by atoms with van der Waals surface area (Å²) >= 11 is 12.2. The maximum absolute atomic E-state index is 13.5. The fourth-order valence-electron chi connectivity index (χ4n) is 3.80. The molecule has 4 aromatic carbocycles. The van der Waals surface area contributed by atoms with E-state index < -0.39 is 22.5 Å². The number of carbonyl (C=O) groups excluding carboxylic acids is 2. The summed E-state index contributed by atoms with van der Waals surface area (Å²) in [4.78, 5) is 25.0. The van der Waals surface area contributed by atoms with Gasteiger partial charge >= 0.3 is 0 Å². The van der Waals surface area contributed by atoms with Crippen LogP contribution in [-0.2, 0) is 19.6 Å². The van der Waals surface area contributed by atoms with Crippen LogP contribution in [0.25, 0.3) is 0 Å². The lowest BCUT2D eigenvalue weighted by Crippen LogP contribution is -2.39. The molecule has 0 aromatic heterocycles. The van der Waals surface area contributed by atoms with E-state index in [2.05, 4.69) is 15.8 Å². The first kappa shape index (κ1) is 31.6. The van der Waals surface area contributed by atoms with Gasteiger partial charge in [0, 0.05) is 15.7 Å². The maximum atomic E-state index is 13.5. The summed E-state index contributed by atoms with van der Waals surface area (Å²) in [5, 5.41) is 7.53. The standard InChI is InChI=1S/C31H28Cl2N4O5S/c1-21-6-14-28(15-7-21)43(40,41)37(26-11-8-22(2)29(33)17-26)19-30(38)36-34-18-23-9-12-27(13-10-23)42-20-31(39)35-25-5-3-4-24(32)16-25/h3-18H,19-20H2,1-2H3,(H,35,39)(H,36,38)/b34-18-. The van der Waals surface area contributed by atoms with Gasteiger partial charge in [0.05, 0.1) is 16.8 Å². The number of anilines is 2. The molecule has 0 aliphatic heterocycles. The molecule has 0 heterocycles. The van der Waals surface area contributed by atoms with Crippen molar-refractivity contribution in [2.75, 3.05) is 22.8 Å². The maximum Gasteiger partial charge on any atom is 0.264 e. The molecule has 9 nitrogen and oxygen atoms in total. The van der Waals surface area contributed by atoms with Crippen LogP contribution in [-0.4, -0.2) is 39.6 Å². The molecule has 0 spiro atoms. The number of nitrogens with zero attached hydrogens (tertiary/aromatic N) is 2. The topological polar surface area (TPSA) is 117 Å². The third kappa shape index (κ3) is 8.81. The summed E-state index contributed by atoms with van der Waals surface area (Å²) in [7, 11) is -4.10. The van der Waals surface area contributed by atoms with Gasteiger partial charge in [-0.15, -0.1) is 0 Å². The molecule has 2 amide bonds. The van der Waals surface area contributed by atoms with Crippen LogP contribution in [0.4, 0.5) is 11.4 Å². The van der Waals surface area contributed by atoms with E-state index in [1.165, 1.54) is 24.4 Å². The Bertz CT molecular complexity index is 1750. The number of hydrogen-bond donors (Lipinski definition) is 2. The molecule has 0 atom stereocenters. The van der Waals surface area contributed by atoms with Crippen LogP contribution in [0.2, 0.25) is 10.0 Å². The molecule has 0 saturated carbocycles. The number of nitrogens with one attached hydrogen (secondary N) is 2. The first-order chi connectivity index (χ1) is 20.5. The lowest BCUT2D eigenvalue weighted by atomic mass is 10.2. The number of aryl methyl sites for hydroxylation is 2. The summed E-state index contributed by atoms with van der Waals surface area (Å²) in [5.41, 5.74) is 5.47. The molecular weight excluding hydrogens is 611 g/mol. The minimum atomic E-state index is -4.10. The predicted molar refractivity (Wildman–Crippen MR) is 170 cm³/mol. The number of hydrogen-bond acceptors (Lipinski definition) is 6. The number of amides is 2. The minimum Gasteiger partial charge on any atom is -0.484 e. The first-order valence-electron chi connectivity index (χ1n) is 13.0. The van der Waals surface area contributed by atoms with Gasteiger partial charge in [0.2, 0.25) is 0 Å². The molecule has 0 aliphatic rings. The predicted octanol–water partition coefficient (Wildman–Crippen LogP) is 5.97. The molecule has 0 bridgehead atoms. The summed E-state index contributed by atoms with van der Waals surface area (Å²) in [6.45, 7) is 2.91. The Morgan fingerprint density at radius 1 is 0.907 bits per heavy atom. The van der Waals surface area contributed by atoms with Crippen LogP contribution in [0.1, 0.15) is 16.7 Å². The SMILES string of the molecule is Cc1ccc(S(=O)(=O)N(CC(=O)N/N=C\c2ccc(OCC(=O)Nc3cccc(Cl)c3)cc2)c2ccc(C)c(Cl)c2)cc1. The largest absolute Gasteiger partial charge is 0.484 e. The zero-order valence-corrected chi connectivity index (χ0v) is 25.6. The number of halogens is 2. The third-order valence-corrected chi connectivity index (χ3v) is 8.53. The molecule has 222 valence electrons. The van der Waals surface area contributed by atoms with Crippen LogP contribution in [0.15, 0.2) is 101 Å². The fourth-order valence-corrected chi connectivity index (χ4v) is 5.57. The fraction of sp³-hybridized carbons (Fsp3) is 0.129. The van der Waals surface area contributed by atoms with E-state index in [1.807, 2.05) is 6.92 Å². The van der Waals surface area contributed by atoms with E-state index >= 15 is 0 Å². The van der Waals surface area contributed by atoms with Crippen LogP contribution in [0.3, 0.4) is 0 Å². The smallest absolute Gasteiger partial charge is 0.264 e. The Hall–Kier alpha value is -4.38. The van der Waals surface area contributed by atoms with Crippen LogP contribution < -0.4 is 19.8 Å². The molecule has 12 heteroatoms. The average molecular weight is 640 g/mol. The summed E-state index contributed by atoms with van der Waals surface area (Å²) in [5.74, 6) is -0.549. The second-order valence-corrected chi connectivity index (χ2v) is 12.2. The lowest BCUT2D eigenvalue weighted by molar-refractivity contribution is -0.119. The van der Waals surface area contributed by atoms with Gasteiger partial charge in [0.1, 0.15) is 12.3 Å². The van der Waals surface area contributed by atoms with Gasteiger partial charge in [0.25, 0.3) is 21.8 Å². The third-order valence-electron chi connectivity index (χ3n) is 6.10. The average Bonchev–Trinajstić information content (AvgIpc) is 2.97. The van der Waals surface area contributed by atoms with Crippen LogP contribution in [0.5, 0.6) is 5.75 Å². The van der Waals surface area contributed by atoms with Gasteiger partial charge < -0.3 is 10.1 Å². The highest BCUT2D eigenvalue weighted by molar-refractivity contribution is 7.92. The van der Waals surface area contributed by atoms with Gasteiger partial charge in [-0.2, -0.15) is 5.10 Å². The molecule has 2 N–H and O–H groups in total. The molecule has 43 heavy (non-hydrogen) atoms. The Morgan fingerprint density at radius 3 is 2.30 bits per heavy atom. The highest BCUT2D eigenvalue weighted by atomic mass is 35.5. The van der Waals surface area contributed by atoms with Crippen molar-refractivity contribution in [1.82, 2.24) is 5.43 Å². The van der Waals surface area contributed by atoms with E-state index in [-0.39, 0.29) is 23.1 Å². The Kier molecular flexibility index (Phi) is 10.4. The zero-order valence-electron chi connectivity index (χ0n) is 23.3. The van der Waals surface area contributed by atoms with Crippen LogP contribution in [0, 0.1) is 13.8 Å². The summed E-state index contributed by atoms with van der Waals surface area (Å²) in [6.07, 6.45) is 1.40. The number of hydrazone groups is 1. The molecule has 0 aliphatic carbocycles. The Balaban J connectivity index is 1.37. The van der Waals surface area contributed by atoms with Crippen LogP contribution >= 0.6 is 23.2 Å². The van der Waals surface area contributed by atoms with E-state index in [1.54, 1.807) is 79.7 Å². The van der Waals surface area contributed by atoms with Crippen molar-refractivity contribution in [1.29, 1.82) is 0 Å². The molecule has 0 fully saturated rings. The van der Waals surface area contributed by atoms with Gasteiger partial charge in [-0.1, -0.05) is 53.0 Å². The van der Waals surface area contributed by atoms with Gasteiger partial charge in [0.15, 0.2) is 6.61 Å². The van der Waals surface area contributed by atoms with Crippen molar-refractivity contribution in [3.05, 3.63) is 118 Å². The first-order valence-corrected chi connectivity index (χ1v) is 15.2. The molecular formula is C31H28Cl2N4O5S. The van der Waals surface area contributed by atoms with Gasteiger partial charge in [-0.05, 0) is 91.7 Å². The lowest BCUT2D eigenvalue weighted by Gasteiger charge is -2.24. The van der Waals surface area contributed by atoms with Crippen molar-refractivity contribution >= 4 is 62.6 Å². The van der Waals surface area contributed by atoms with Gasteiger partial charge in [-0.25, -0.2) is 13.8 Å². The second-order valence-electron chi connectivity index (χ2n) is 9.47. The monoisotopic (exact) mass is 638 g/mol. The quantitative estimate of drug-likeness (QED) is 0.155. The normalized spacial score (nSPS) is 11.3. The number of ether oxygens (including phenoxy) is 1. The van der Waals surface area contributed by atoms with Gasteiger partial charge in [-0.3, -0.25) is 13.9 Å². The summed E-state index contributed by atoms with van der Waals surface area (Å²) in [6, 6.07) is 24.6. The summed E-state index contributed by atoms with van der Waals surface area (Å²) < 4.78 is 33.6. The zero-order chi connectivity index (χ0) is 31.0.